The molecule has 1 aliphatic heterocycles. The number of ether oxygens (including phenoxy) is 1. The first-order valence-corrected chi connectivity index (χ1v) is 7.52. The average Bonchev–Trinajstić information content (AvgIpc) is 2.51. The van der Waals surface area contributed by atoms with E-state index in [4.69, 9.17) is 4.74 Å². The molecule has 0 spiro atoms. The Labute approximate surface area is 125 Å². The molecular formula is C16H24N2O3. The van der Waals surface area contributed by atoms with E-state index in [0.29, 0.717) is 19.7 Å². The van der Waals surface area contributed by atoms with Crippen LogP contribution in [0.25, 0.3) is 0 Å². The molecule has 21 heavy (non-hydrogen) atoms. The Bertz CT molecular complexity index is 465. The number of hydrogen-bond acceptors (Lipinski definition) is 3. The van der Waals surface area contributed by atoms with Crippen LogP contribution in [0.5, 0.6) is 5.75 Å². The zero-order chi connectivity index (χ0) is 15.1. The number of carbonyl (C=O) groups excluding carboxylic acids is 1. The van der Waals surface area contributed by atoms with E-state index >= 15 is 0 Å². The zero-order valence-electron chi connectivity index (χ0n) is 12.5. The Morgan fingerprint density at radius 2 is 2.38 bits per heavy atom. The van der Waals surface area contributed by atoms with Gasteiger partial charge in [0.25, 0.3) is 0 Å². The Kier molecular flexibility index (Phi) is 5.87. The van der Waals surface area contributed by atoms with Gasteiger partial charge in [-0.3, -0.25) is 0 Å². The van der Waals surface area contributed by atoms with Gasteiger partial charge in [0.05, 0.1) is 6.54 Å². The molecule has 2 rings (SSSR count). The van der Waals surface area contributed by atoms with Crippen LogP contribution in [0.2, 0.25) is 0 Å². The van der Waals surface area contributed by atoms with Gasteiger partial charge in [0.1, 0.15) is 12.4 Å². The molecule has 0 aliphatic carbocycles. The van der Waals surface area contributed by atoms with E-state index in [9.17, 15) is 9.90 Å². The number of urea groups is 1. The van der Waals surface area contributed by atoms with E-state index in [1.807, 2.05) is 31.2 Å². The first kappa shape index (κ1) is 15.6. The monoisotopic (exact) mass is 292 g/mol. The first-order chi connectivity index (χ1) is 10.2. The SMILES string of the molecule is Cc1cccc(OCCNC(=O)N2CCCC(CO)C2)c1. The Hall–Kier alpha value is -1.75. The molecule has 2 amide bonds. The Morgan fingerprint density at radius 1 is 1.52 bits per heavy atom. The number of hydrogen-bond donors (Lipinski definition) is 2. The molecule has 0 aromatic heterocycles. The van der Waals surface area contributed by atoms with E-state index in [-0.39, 0.29) is 18.6 Å². The molecule has 1 heterocycles. The molecule has 1 atom stereocenters. The molecule has 2 N–H and O–H groups in total. The fourth-order valence-corrected chi connectivity index (χ4v) is 2.54. The van der Waals surface area contributed by atoms with Gasteiger partial charge in [-0.1, -0.05) is 12.1 Å². The summed E-state index contributed by atoms with van der Waals surface area (Å²) < 4.78 is 5.59. The van der Waals surface area contributed by atoms with Crippen LogP contribution in [-0.4, -0.2) is 48.9 Å². The van der Waals surface area contributed by atoms with Crippen molar-refractivity contribution in [3.8, 4) is 5.75 Å². The van der Waals surface area contributed by atoms with Crippen LogP contribution >= 0.6 is 0 Å². The van der Waals surface area contributed by atoms with Crippen molar-refractivity contribution < 1.29 is 14.6 Å². The van der Waals surface area contributed by atoms with Crippen molar-refractivity contribution in [2.45, 2.75) is 19.8 Å². The predicted molar refractivity (Wildman–Crippen MR) is 81.5 cm³/mol. The smallest absolute Gasteiger partial charge is 0.317 e. The minimum atomic E-state index is -0.0685. The van der Waals surface area contributed by atoms with Crippen LogP contribution in [0.3, 0.4) is 0 Å². The highest BCUT2D eigenvalue weighted by Crippen LogP contribution is 2.15. The van der Waals surface area contributed by atoms with Crippen LogP contribution < -0.4 is 10.1 Å². The summed E-state index contributed by atoms with van der Waals surface area (Å²) in [5, 5.41) is 12.0. The maximum Gasteiger partial charge on any atom is 0.317 e. The standard InChI is InChI=1S/C16H24N2O3/c1-13-4-2-6-15(10-13)21-9-7-17-16(20)18-8-3-5-14(11-18)12-19/h2,4,6,10,14,19H,3,5,7-9,11-12H2,1H3,(H,17,20). The van der Waals surface area contributed by atoms with Crippen molar-refractivity contribution in [1.82, 2.24) is 10.2 Å². The highest BCUT2D eigenvalue weighted by Gasteiger charge is 2.22. The number of nitrogens with zero attached hydrogens (tertiary/aromatic N) is 1. The summed E-state index contributed by atoms with van der Waals surface area (Å²) in [7, 11) is 0. The number of carbonyl (C=O) groups is 1. The summed E-state index contributed by atoms with van der Waals surface area (Å²) in [6.07, 6.45) is 1.95. The summed E-state index contributed by atoms with van der Waals surface area (Å²) in [6, 6.07) is 7.78. The maximum absolute atomic E-state index is 12.0. The fraction of sp³-hybridized carbons (Fsp3) is 0.562. The summed E-state index contributed by atoms with van der Waals surface area (Å²) in [5.74, 6) is 1.04. The average molecular weight is 292 g/mol. The zero-order valence-corrected chi connectivity index (χ0v) is 12.5. The number of rotatable bonds is 5. The lowest BCUT2D eigenvalue weighted by atomic mass is 9.99. The van der Waals surface area contributed by atoms with E-state index < -0.39 is 0 Å². The molecule has 5 heteroatoms. The number of nitrogens with one attached hydrogen (secondary N) is 1. The van der Waals surface area contributed by atoms with E-state index in [2.05, 4.69) is 5.32 Å². The lowest BCUT2D eigenvalue weighted by Crippen LogP contribution is -2.47. The van der Waals surface area contributed by atoms with Gasteiger partial charge >= 0.3 is 6.03 Å². The summed E-state index contributed by atoms with van der Waals surface area (Å²) in [4.78, 5) is 13.8. The number of aryl methyl sites for hydroxylation is 1. The molecule has 0 bridgehead atoms. The lowest BCUT2D eigenvalue weighted by Gasteiger charge is -2.31. The van der Waals surface area contributed by atoms with Gasteiger partial charge < -0.3 is 20.1 Å². The number of piperidine rings is 1. The van der Waals surface area contributed by atoms with Gasteiger partial charge in [-0.25, -0.2) is 4.79 Å². The van der Waals surface area contributed by atoms with Crippen molar-refractivity contribution in [2.75, 3.05) is 32.8 Å². The second-order valence-electron chi connectivity index (χ2n) is 5.53. The molecule has 1 aromatic carbocycles. The number of aliphatic hydroxyl groups excluding tert-OH is 1. The molecule has 1 aliphatic rings. The summed E-state index contributed by atoms with van der Waals surface area (Å²) in [6.45, 7) is 4.50. The van der Waals surface area contributed by atoms with Gasteiger partial charge in [0, 0.05) is 19.7 Å². The molecule has 5 nitrogen and oxygen atoms in total. The van der Waals surface area contributed by atoms with E-state index in [1.54, 1.807) is 4.90 Å². The predicted octanol–water partition coefficient (Wildman–Crippen LogP) is 1.79. The van der Waals surface area contributed by atoms with Crippen molar-refractivity contribution in [3.05, 3.63) is 29.8 Å². The van der Waals surface area contributed by atoms with Crippen molar-refractivity contribution in [1.29, 1.82) is 0 Å². The summed E-state index contributed by atoms with van der Waals surface area (Å²) >= 11 is 0. The van der Waals surface area contributed by atoms with Crippen LogP contribution in [0, 0.1) is 12.8 Å². The molecule has 1 fully saturated rings. The third-order valence-electron chi connectivity index (χ3n) is 3.70. The molecule has 116 valence electrons. The highest BCUT2D eigenvalue weighted by atomic mass is 16.5. The molecule has 0 radical (unpaired) electrons. The number of amides is 2. The largest absolute Gasteiger partial charge is 0.492 e. The second kappa shape index (κ2) is 7.88. The van der Waals surface area contributed by atoms with E-state index in [1.165, 1.54) is 0 Å². The van der Waals surface area contributed by atoms with Crippen molar-refractivity contribution in [2.24, 2.45) is 5.92 Å². The second-order valence-corrected chi connectivity index (χ2v) is 5.53. The van der Waals surface area contributed by atoms with Gasteiger partial charge in [0.15, 0.2) is 0 Å². The highest BCUT2D eigenvalue weighted by molar-refractivity contribution is 5.74. The number of likely N-dealkylation sites (tertiary alicyclic amines) is 1. The van der Waals surface area contributed by atoms with Crippen LogP contribution in [0.1, 0.15) is 18.4 Å². The molecule has 1 aromatic rings. The van der Waals surface area contributed by atoms with E-state index in [0.717, 1.165) is 30.7 Å². The molecule has 1 saturated heterocycles. The van der Waals surface area contributed by atoms with Gasteiger partial charge in [0.2, 0.25) is 0 Å². The topological polar surface area (TPSA) is 61.8 Å². The van der Waals surface area contributed by atoms with Gasteiger partial charge in [-0.15, -0.1) is 0 Å². The molecular weight excluding hydrogens is 268 g/mol. The van der Waals surface area contributed by atoms with Gasteiger partial charge in [-0.05, 0) is 43.4 Å². The normalized spacial score (nSPS) is 18.4. The van der Waals surface area contributed by atoms with Crippen LogP contribution in [0.4, 0.5) is 4.79 Å². The van der Waals surface area contributed by atoms with Crippen LogP contribution in [-0.2, 0) is 0 Å². The number of aliphatic hydroxyl groups is 1. The number of benzene rings is 1. The molecule has 1 unspecified atom stereocenters. The quantitative estimate of drug-likeness (QED) is 0.813. The summed E-state index contributed by atoms with van der Waals surface area (Å²) in [5.41, 5.74) is 1.15. The lowest BCUT2D eigenvalue weighted by molar-refractivity contribution is 0.129. The van der Waals surface area contributed by atoms with Gasteiger partial charge in [-0.2, -0.15) is 0 Å². The minimum Gasteiger partial charge on any atom is -0.492 e. The first-order valence-electron chi connectivity index (χ1n) is 7.52. The van der Waals surface area contributed by atoms with Crippen LogP contribution in [0.15, 0.2) is 24.3 Å². The fourth-order valence-electron chi connectivity index (χ4n) is 2.54. The minimum absolute atomic E-state index is 0.0685. The molecule has 0 saturated carbocycles. The Morgan fingerprint density at radius 3 is 3.14 bits per heavy atom. The third kappa shape index (κ3) is 4.93. The van der Waals surface area contributed by atoms with Crippen molar-refractivity contribution in [3.63, 3.8) is 0 Å². The third-order valence-corrected chi connectivity index (χ3v) is 3.70. The van der Waals surface area contributed by atoms with Crippen molar-refractivity contribution >= 4 is 6.03 Å². The Balaban J connectivity index is 1.67. The maximum atomic E-state index is 12.0.